The number of aliphatic carboxylic acids is 1. The average Bonchev–Trinajstić information content (AvgIpc) is 3.11. The number of piperidine rings is 1. The molecule has 2 aliphatic rings. The highest BCUT2D eigenvalue weighted by atomic mass is 16.5. The van der Waals surface area contributed by atoms with E-state index in [0.717, 1.165) is 12.8 Å². The Kier molecular flexibility index (Phi) is 5.15. The summed E-state index contributed by atoms with van der Waals surface area (Å²) in [6.45, 7) is 3.39. The molecule has 1 spiro atoms. The lowest BCUT2D eigenvalue weighted by atomic mass is 9.84. The van der Waals surface area contributed by atoms with Crippen LogP contribution in [-0.4, -0.2) is 41.5 Å². The van der Waals surface area contributed by atoms with Crippen molar-refractivity contribution in [2.75, 3.05) is 19.6 Å². The summed E-state index contributed by atoms with van der Waals surface area (Å²) in [5.41, 5.74) is 1.48. The van der Waals surface area contributed by atoms with Gasteiger partial charge in [-0.2, -0.15) is 0 Å². The number of carboxylic acids is 1. The van der Waals surface area contributed by atoms with Gasteiger partial charge in [-0.1, -0.05) is 54.6 Å². The van der Waals surface area contributed by atoms with Crippen molar-refractivity contribution < 1.29 is 19.4 Å². The van der Waals surface area contributed by atoms with E-state index in [-0.39, 0.29) is 18.1 Å². The number of carbonyl (C=O) groups excluding carboxylic acids is 1. The Labute approximate surface area is 170 Å². The van der Waals surface area contributed by atoms with Gasteiger partial charge in [0, 0.05) is 13.1 Å². The van der Waals surface area contributed by atoms with Crippen LogP contribution in [0, 0.1) is 0 Å². The molecule has 6 nitrogen and oxygen atoms in total. The highest BCUT2D eigenvalue weighted by Crippen LogP contribution is 2.43. The summed E-state index contributed by atoms with van der Waals surface area (Å²) in [4.78, 5) is 26.5. The molecule has 0 unspecified atom stereocenters. The first kappa shape index (κ1) is 19.6. The predicted molar refractivity (Wildman–Crippen MR) is 108 cm³/mol. The summed E-state index contributed by atoms with van der Waals surface area (Å²) in [7, 11) is 0. The molecule has 0 radical (unpaired) electrons. The third-order valence-corrected chi connectivity index (χ3v) is 6.31. The fraction of sp³-hybridized carbons (Fsp3) is 0.391. The summed E-state index contributed by atoms with van der Waals surface area (Å²) in [5.74, 6) is -1.10. The molecule has 4 rings (SSSR count). The molecule has 6 heteroatoms. The molecule has 2 aromatic carbocycles. The summed E-state index contributed by atoms with van der Waals surface area (Å²) >= 11 is 0. The van der Waals surface area contributed by atoms with Gasteiger partial charge in [0.1, 0.15) is 5.54 Å². The van der Waals surface area contributed by atoms with Crippen LogP contribution < -0.4 is 5.32 Å². The first-order valence-corrected chi connectivity index (χ1v) is 9.99. The fourth-order valence-corrected chi connectivity index (χ4v) is 4.35. The molecule has 0 aromatic heterocycles. The molecule has 2 heterocycles. The second kappa shape index (κ2) is 7.61. The Hall–Kier alpha value is -2.70. The SMILES string of the molecule is C[C@](NCC(=O)N1CCC2(CC1)OCc1ccccc12)(C(=O)O)c1ccccc1. The summed E-state index contributed by atoms with van der Waals surface area (Å²) < 4.78 is 6.15. The second-order valence-corrected chi connectivity index (χ2v) is 7.97. The molecule has 2 aromatic rings. The molecule has 1 fully saturated rings. The van der Waals surface area contributed by atoms with Gasteiger partial charge in [0.05, 0.1) is 18.8 Å². The molecule has 2 aliphatic heterocycles. The van der Waals surface area contributed by atoms with Crippen LogP contribution >= 0.6 is 0 Å². The number of nitrogens with one attached hydrogen (secondary N) is 1. The van der Waals surface area contributed by atoms with E-state index in [1.807, 2.05) is 18.2 Å². The van der Waals surface area contributed by atoms with E-state index < -0.39 is 11.5 Å². The maximum absolute atomic E-state index is 12.8. The number of carbonyl (C=O) groups is 2. The largest absolute Gasteiger partial charge is 0.480 e. The molecule has 0 aliphatic carbocycles. The van der Waals surface area contributed by atoms with Gasteiger partial charge < -0.3 is 14.7 Å². The van der Waals surface area contributed by atoms with Crippen LogP contribution in [0.25, 0.3) is 0 Å². The van der Waals surface area contributed by atoms with E-state index in [0.29, 0.717) is 25.3 Å². The van der Waals surface area contributed by atoms with Crippen LogP contribution in [0.1, 0.15) is 36.5 Å². The number of nitrogens with zero attached hydrogens (tertiary/aromatic N) is 1. The molecule has 1 saturated heterocycles. The van der Waals surface area contributed by atoms with Crippen molar-refractivity contribution >= 4 is 11.9 Å². The number of amides is 1. The van der Waals surface area contributed by atoms with Crippen molar-refractivity contribution in [2.45, 2.75) is 37.5 Å². The smallest absolute Gasteiger partial charge is 0.328 e. The zero-order chi connectivity index (χ0) is 20.5. The number of benzene rings is 2. The third kappa shape index (κ3) is 3.54. The minimum absolute atomic E-state index is 0.0257. The number of ether oxygens (including phenoxy) is 1. The van der Waals surface area contributed by atoms with E-state index in [9.17, 15) is 14.7 Å². The maximum Gasteiger partial charge on any atom is 0.328 e. The first-order valence-electron chi connectivity index (χ1n) is 9.99. The van der Waals surface area contributed by atoms with Crippen LogP contribution in [0.4, 0.5) is 0 Å². The van der Waals surface area contributed by atoms with Gasteiger partial charge in [0.2, 0.25) is 5.91 Å². The standard InChI is InChI=1S/C23H26N2O4/c1-22(21(27)28,18-8-3-2-4-9-18)24-15-20(26)25-13-11-23(12-14-25)19-10-6-5-7-17(19)16-29-23/h2-10,24H,11-16H2,1H3,(H,27,28)/t22-/m1/s1. The lowest BCUT2D eigenvalue weighted by Gasteiger charge is -2.39. The van der Waals surface area contributed by atoms with Crippen LogP contribution in [0.15, 0.2) is 54.6 Å². The highest BCUT2D eigenvalue weighted by molar-refractivity contribution is 5.83. The van der Waals surface area contributed by atoms with Gasteiger partial charge in [-0.15, -0.1) is 0 Å². The quantitative estimate of drug-likeness (QED) is 0.815. The number of carboxylic acid groups (broad SMARTS) is 1. The molecule has 1 atom stereocenters. The van der Waals surface area contributed by atoms with E-state index in [4.69, 9.17) is 4.74 Å². The molecular weight excluding hydrogens is 368 g/mol. The van der Waals surface area contributed by atoms with Crippen molar-refractivity contribution in [1.82, 2.24) is 10.2 Å². The van der Waals surface area contributed by atoms with Crippen molar-refractivity contribution in [2.24, 2.45) is 0 Å². The lowest BCUT2D eigenvalue weighted by Crippen LogP contribution is -2.53. The van der Waals surface area contributed by atoms with Gasteiger partial charge in [-0.3, -0.25) is 10.1 Å². The normalized spacial score (nSPS) is 19.6. The third-order valence-electron chi connectivity index (χ3n) is 6.31. The Bertz CT molecular complexity index is 906. The number of fused-ring (bicyclic) bond motifs is 2. The summed E-state index contributed by atoms with van der Waals surface area (Å²) in [6.07, 6.45) is 1.51. The Balaban J connectivity index is 1.39. The van der Waals surface area contributed by atoms with Crippen LogP contribution in [0.2, 0.25) is 0 Å². The van der Waals surface area contributed by atoms with Gasteiger partial charge in [0.25, 0.3) is 0 Å². The topological polar surface area (TPSA) is 78.9 Å². The van der Waals surface area contributed by atoms with Gasteiger partial charge in [-0.25, -0.2) is 4.79 Å². The van der Waals surface area contributed by atoms with Crippen molar-refractivity contribution in [1.29, 1.82) is 0 Å². The van der Waals surface area contributed by atoms with Crippen molar-refractivity contribution in [3.63, 3.8) is 0 Å². The average molecular weight is 394 g/mol. The lowest BCUT2D eigenvalue weighted by molar-refractivity contribution is -0.145. The number of likely N-dealkylation sites (tertiary alicyclic amines) is 1. The van der Waals surface area contributed by atoms with Crippen molar-refractivity contribution in [3.05, 3.63) is 71.3 Å². The van der Waals surface area contributed by atoms with E-state index in [1.54, 1.807) is 36.1 Å². The van der Waals surface area contributed by atoms with Gasteiger partial charge in [-0.05, 0) is 36.5 Å². The minimum Gasteiger partial charge on any atom is -0.480 e. The van der Waals surface area contributed by atoms with Crippen LogP contribution in [0.5, 0.6) is 0 Å². The maximum atomic E-state index is 12.8. The van der Waals surface area contributed by atoms with E-state index >= 15 is 0 Å². The summed E-state index contributed by atoms with van der Waals surface area (Å²) in [5, 5.41) is 12.7. The number of hydrogen-bond donors (Lipinski definition) is 2. The highest BCUT2D eigenvalue weighted by Gasteiger charge is 2.43. The molecule has 0 saturated carbocycles. The predicted octanol–water partition coefficient (Wildman–Crippen LogP) is 2.62. The molecule has 152 valence electrons. The number of hydrogen-bond acceptors (Lipinski definition) is 4. The van der Waals surface area contributed by atoms with Gasteiger partial charge in [0.15, 0.2) is 0 Å². The molecular formula is C23H26N2O4. The van der Waals surface area contributed by atoms with Crippen LogP contribution in [-0.2, 0) is 32.1 Å². The minimum atomic E-state index is -1.32. The number of rotatable bonds is 5. The fourth-order valence-electron chi connectivity index (χ4n) is 4.35. The molecule has 29 heavy (non-hydrogen) atoms. The van der Waals surface area contributed by atoms with E-state index in [2.05, 4.69) is 17.4 Å². The van der Waals surface area contributed by atoms with Crippen molar-refractivity contribution in [3.8, 4) is 0 Å². The Morgan fingerprint density at radius 1 is 1.10 bits per heavy atom. The molecule has 1 amide bonds. The summed E-state index contributed by atoms with van der Waals surface area (Å²) in [6, 6.07) is 17.2. The van der Waals surface area contributed by atoms with Gasteiger partial charge >= 0.3 is 5.97 Å². The first-order chi connectivity index (χ1) is 13.9. The monoisotopic (exact) mass is 394 g/mol. The van der Waals surface area contributed by atoms with Crippen LogP contribution in [0.3, 0.4) is 0 Å². The second-order valence-electron chi connectivity index (χ2n) is 7.97. The zero-order valence-corrected chi connectivity index (χ0v) is 16.6. The Morgan fingerprint density at radius 3 is 2.45 bits per heavy atom. The van der Waals surface area contributed by atoms with E-state index in [1.165, 1.54) is 11.1 Å². The molecule has 2 N–H and O–H groups in total. The molecule has 0 bridgehead atoms. The zero-order valence-electron chi connectivity index (χ0n) is 16.6. The Morgan fingerprint density at radius 2 is 1.76 bits per heavy atom.